The fraction of sp³-hybridized carbons (Fsp3) is 0.610. The first kappa shape index (κ1) is 30.4. The molecule has 0 amide bonds. The summed E-state index contributed by atoms with van der Waals surface area (Å²) in [5.41, 5.74) is 8.71. The molecule has 7 atom stereocenters. The van der Waals surface area contributed by atoms with Crippen molar-refractivity contribution >= 4 is 11.9 Å². The van der Waals surface area contributed by atoms with Crippen LogP contribution in [0.4, 0.5) is 0 Å². The summed E-state index contributed by atoms with van der Waals surface area (Å²) in [5, 5.41) is 0. The van der Waals surface area contributed by atoms with Gasteiger partial charge in [0.15, 0.2) is 5.60 Å². The van der Waals surface area contributed by atoms with Crippen molar-refractivity contribution in [3.63, 3.8) is 0 Å². The monoisotopic (exact) mass is 621 g/mol. The Balaban J connectivity index is 1.32. The number of allylic oxidation sites excluding steroid dienone is 6. The average Bonchev–Trinajstić information content (AvgIpc) is 3.52. The van der Waals surface area contributed by atoms with Crippen molar-refractivity contribution in [1.82, 2.24) is 0 Å². The molecule has 1 aromatic carbocycles. The summed E-state index contributed by atoms with van der Waals surface area (Å²) in [4.78, 5) is 29.0. The van der Waals surface area contributed by atoms with Crippen LogP contribution >= 0.6 is 0 Å². The first-order valence-corrected chi connectivity index (χ1v) is 18.5. The number of hydrogen-bond donors (Lipinski definition) is 1. The van der Waals surface area contributed by atoms with E-state index in [1.165, 1.54) is 43.3 Å². The van der Waals surface area contributed by atoms with E-state index in [9.17, 15) is 9.59 Å². The third-order valence-corrected chi connectivity index (χ3v) is 13.5. The molecule has 7 aliphatic rings. The molecule has 0 radical (unpaired) electrons. The van der Waals surface area contributed by atoms with Gasteiger partial charge in [-0.05, 0) is 92.9 Å². The number of benzene rings is 1. The summed E-state index contributed by atoms with van der Waals surface area (Å²) in [6.45, 7) is 5.12. The van der Waals surface area contributed by atoms with E-state index >= 15 is 0 Å². The molecule has 2 N–H and O–H groups in total. The van der Waals surface area contributed by atoms with Crippen molar-refractivity contribution in [3.8, 4) is 0 Å². The fourth-order valence-corrected chi connectivity index (χ4v) is 11.7. The molecule has 5 heteroatoms. The van der Waals surface area contributed by atoms with Crippen molar-refractivity contribution in [2.45, 2.75) is 109 Å². The number of ether oxygens (including phenoxy) is 2. The molecule has 0 aromatic heterocycles. The molecule has 8 rings (SSSR count). The summed E-state index contributed by atoms with van der Waals surface area (Å²) >= 11 is 0. The number of esters is 2. The van der Waals surface area contributed by atoms with Crippen LogP contribution in [0.25, 0.3) is 0 Å². The minimum absolute atomic E-state index is 0.118. The van der Waals surface area contributed by atoms with Crippen LogP contribution in [-0.4, -0.2) is 18.5 Å². The predicted octanol–water partition coefficient (Wildman–Crippen LogP) is 8.64. The molecule has 5 nitrogen and oxygen atoms in total. The number of hydrogen-bond acceptors (Lipinski definition) is 5. The van der Waals surface area contributed by atoms with Crippen LogP contribution in [0.15, 0.2) is 65.5 Å². The topological polar surface area (TPSA) is 78.6 Å². The van der Waals surface area contributed by atoms with Gasteiger partial charge in [-0.15, -0.1) is 0 Å². The minimum Gasteiger partial charge on any atom is -0.449 e. The van der Waals surface area contributed by atoms with Gasteiger partial charge in [-0.25, -0.2) is 4.79 Å². The van der Waals surface area contributed by atoms with E-state index in [4.69, 9.17) is 15.2 Å². The molecule has 2 heterocycles. The van der Waals surface area contributed by atoms with E-state index in [0.29, 0.717) is 29.9 Å². The third kappa shape index (κ3) is 3.78. The molecule has 5 aliphatic carbocycles. The van der Waals surface area contributed by atoms with Gasteiger partial charge >= 0.3 is 11.9 Å². The van der Waals surface area contributed by atoms with Crippen molar-refractivity contribution < 1.29 is 19.1 Å². The van der Waals surface area contributed by atoms with Gasteiger partial charge < -0.3 is 15.2 Å². The SMILES string of the molecule is CCC[C@H]1[C@@]23C(=O)O/C(=C\CCC4CCCCC4)[C@@]2(CCC2=C3C=C[C@@H]3[C@@H](C)CC=C[C@@H]23)[C@]12OC(=O)c1c(CCCN)cccc12. The maximum absolute atomic E-state index is 14.9. The van der Waals surface area contributed by atoms with Crippen LogP contribution in [0.3, 0.4) is 0 Å². The van der Waals surface area contributed by atoms with Gasteiger partial charge in [0.1, 0.15) is 11.2 Å². The lowest BCUT2D eigenvalue weighted by molar-refractivity contribution is -0.275. The second-order valence-corrected chi connectivity index (χ2v) is 15.5. The number of fused-ring (bicyclic) bond motifs is 4. The Hall–Kier alpha value is -2.92. The highest BCUT2D eigenvalue weighted by molar-refractivity contribution is 6.00. The molecule has 2 aliphatic heterocycles. The van der Waals surface area contributed by atoms with E-state index in [2.05, 4.69) is 62.4 Å². The zero-order chi connectivity index (χ0) is 31.7. The zero-order valence-electron chi connectivity index (χ0n) is 27.8. The number of rotatable bonds is 8. The number of cyclic esters (lactones) is 1. The van der Waals surface area contributed by atoms with Crippen LogP contribution in [0.2, 0.25) is 0 Å². The van der Waals surface area contributed by atoms with E-state index < -0.39 is 16.4 Å². The first-order valence-electron chi connectivity index (χ1n) is 18.5. The smallest absolute Gasteiger partial charge is 0.339 e. The Kier molecular flexibility index (Phi) is 7.51. The van der Waals surface area contributed by atoms with E-state index in [-0.39, 0.29) is 17.9 Å². The fourth-order valence-electron chi connectivity index (χ4n) is 11.7. The van der Waals surface area contributed by atoms with E-state index in [1.54, 1.807) is 0 Å². The number of aryl methyl sites for hydroxylation is 1. The normalized spacial score (nSPS) is 38.2. The molecule has 2 saturated carbocycles. The average molecular weight is 622 g/mol. The van der Waals surface area contributed by atoms with Gasteiger partial charge in [0, 0.05) is 17.4 Å². The Morgan fingerprint density at radius 2 is 1.93 bits per heavy atom. The highest BCUT2D eigenvalue weighted by Crippen LogP contribution is 2.86. The van der Waals surface area contributed by atoms with Gasteiger partial charge in [-0.3, -0.25) is 4.79 Å². The second-order valence-electron chi connectivity index (χ2n) is 15.5. The van der Waals surface area contributed by atoms with Gasteiger partial charge in [0.25, 0.3) is 0 Å². The maximum Gasteiger partial charge on any atom is 0.339 e. The van der Waals surface area contributed by atoms with E-state index in [1.807, 2.05) is 0 Å². The largest absolute Gasteiger partial charge is 0.449 e. The Morgan fingerprint density at radius 1 is 1.09 bits per heavy atom. The lowest BCUT2D eigenvalue weighted by atomic mass is 9.29. The molecule has 0 unspecified atom stereocenters. The molecular weight excluding hydrogens is 570 g/mol. The van der Waals surface area contributed by atoms with Gasteiger partial charge in [0.05, 0.1) is 11.0 Å². The summed E-state index contributed by atoms with van der Waals surface area (Å²) < 4.78 is 13.5. The third-order valence-electron chi connectivity index (χ3n) is 13.5. The Bertz CT molecular complexity index is 1560. The van der Waals surface area contributed by atoms with Crippen LogP contribution in [-0.2, 0) is 26.3 Å². The molecule has 0 bridgehead atoms. The predicted molar refractivity (Wildman–Crippen MR) is 179 cm³/mol. The van der Waals surface area contributed by atoms with Gasteiger partial charge in [-0.2, -0.15) is 0 Å². The molecule has 46 heavy (non-hydrogen) atoms. The van der Waals surface area contributed by atoms with Crippen molar-refractivity contribution in [1.29, 1.82) is 0 Å². The highest BCUT2D eigenvalue weighted by Gasteiger charge is 2.92. The van der Waals surface area contributed by atoms with Crippen LogP contribution in [0.5, 0.6) is 0 Å². The highest BCUT2D eigenvalue weighted by atomic mass is 16.6. The lowest BCUT2D eigenvalue weighted by Crippen LogP contribution is -2.76. The van der Waals surface area contributed by atoms with Gasteiger partial charge in [0.2, 0.25) is 0 Å². The number of nitrogens with two attached hydrogens (primary N) is 1. The molecule has 244 valence electrons. The molecule has 1 aromatic rings. The minimum atomic E-state index is -0.921. The summed E-state index contributed by atoms with van der Waals surface area (Å²) in [7, 11) is 0. The standard InChI is InChI=1S/C41H51NO4/c1-3-11-34-40-32-22-21-29-26(2)12-7-18-30(29)31(32)23-24-39(40,35(45-38(40)44)20-8-15-27-13-5-4-6-14-27)41(34)33-19-9-16-28(17-10-25-42)36(33)37(43)46-41/h7,9,16,18-22,26-27,29-30,34H,3-6,8,10-15,17,23-25,42H2,1-2H3/b35-20-/t26-,29+,30+,34-,39+,40-,41+/m0/s1. The molecule has 1 spiro atoms. The van der Waals surface area contributed by atoms with Crippen molar-refractivity contribution in [3.05, 3.63) is 82.2 Å². The Labute approximate surface area is 274 Å². The quantitative estimate of drug-likeness (QED) is 0.232. The zero-order valence-corrected chi connectivity index (χ0v) is 27.8. The molecule has 1 saturated heterocycles. The second kappa shape index (κ2) is 11.4. The maximum atomic E-state index is 14.9. The van der Waals surface area contributed by atoms with Crippen molar-refractivity contribution in [2.75, 3.05) is 6.54 Å². The Morgan fingerprint density at radius 3 is 2.74 bits per heavy atom. The van der Waals surface area contributed by atoms with Crippen LogP contribution < -0.4 is 5.73 Å². The molecular formula is C41H51NO4. The first-order chi connectivity index (χ1) is 22.5. The summed E-state index contributed by atoms with van der Waals surface area (Å²) in [6, 6.07) is 6.27. The molecule has 3 fully saturated rings. The van der Waals surface area contributed by atoms with E-state index in [0.717, 1.165) is 80.6 Å². The van der Waals surface area contributed by atoms with Crippen LogP contribution in [0, 0.1) is 40.4 Å². The van der Waals surface area contributed by atoms with Gasteiger partial charge in [-0.1, -0.05) is 100 Å². The lowest BCUT2D eigenvalue weighted by Gasteiger charge is -2.71. The van der Waals surface area contributed by atoms with Crippen LogP contribution in [0.1, 0.15) is 119 Å². The van der Waals surface area contributed by atoms with Crippen molar-refractivity contribution in [2.24, 2.45) is 46.2 Å². The number of carbonyl (C=O) groups excluding carboxylic acids is 2. The summed E-state index contributed by atoms with van der Waals surface area (Å²) in [6.07, 6.45) is 26.3. The summed E-state index contributed by atoms with van der Waals surface area (Å²) in [5.74, 6) is 2.33. The number of carbonyl (C=O) groups is 2.